The van der Waals surface area contributed by atoms with Gasteiger partial charge in [-0.05, 0) is 31.1 Å². The van der Waals surface area contributed by atoms with Gasteiger partial charge in [0.2, 0.25) is 5.95 Å². The Bertz CT molecular complexity index is 679. The van der Waals surface area contributed by atoms with Gasteiger partial charge in [-0.15, -0.1) is 0 Å². The SMILES string of the molecule is CC(C)(C)c1nc(N[C@@H]2C[C@@H]3CC[C@H]2C3)ncc1C(=O)N1CCOCC1. The van der Waals surface area contributed by atoms with Gasteiger partial charge in [0.25, 0.3) is 5.91 Å². The van der Waals surface area contributed by atoms with Gasteiger partial charge in [-0.2, -0.15) is 0 Å². The first-order chi connectivity index (χ1) is 12.4. The number of anilines is 1. The lowest BCUT2D eigenvalue weighted by molar-refractivity contribution is 0.0300. The van der Waals surface area contributed by atoms with Crippen LogP contribution in [-0.2, 0) is 10.2 Å². The summed E-state index contributed by atoms with van der Waals surface area (Å²) in [6.07, 6.45) is 7.00. The molecule has 3 aliphatic rings. The van der Waals surface area contributed by atoms with E-state index in [-0.39, 0.29) is 11.3 Å². The van der Waals surface area contributed by atoms with Crippen LogP contribution in [0.3, 0.4) is 0 Å². The summed E-state index contributed by atoms with van der Waals surface area (Å²) in [7, 11) is 0. The first kappa shape index (κ1) is 17.7. The Kier molecular flexibility index (Phi) is 4.63. The van der Waals surface area contributed by atoms with Gasteiger partial charge in [-0.1, -0.05) is 27.2 Å². The summed E-state index contributed by atoms with van der Waals surface area (Å²) >= 11 is 0. The molecule has 1 saturated heterocycles. The van der Waals surface area contributed by atoms with E-state index in [0.29, 0.717) is 43.9 Å². The molecule has 1 amide bonds. The van der Waals surface area contributed by atoms with Gasteiger partial charge in [-0.3, -0.25) is 4.79 Å². The molecule has 2 heterocycles. The molecular formula is C20H30N4O2. The minimum atomic E-state index is -0.217. The van der Waals surface area contributed by atoms with Crippen molar-refractivity contribution in [2.45, 2.75) is 57.9 Å². The first-order valence-corrected chi connectivity index (χ1v) is 9.93. The molecule has 1 aromatic rings. The molecule has 2 bridgehead atoms. The third-order valence-electron chi connectivity index (χ3n) is 6.08. The topological polar surface area (TPSA) is 67.4 Å². The number of ether oxygens (including phenoxy) is 1. The van der Waals surface area contributed by atoms with Crippen LogP contribution in [-0.4, -0.2) is 53.1 Å². The van der Waals surface area contributed by atoms with Gasteiger partial charge in [0.1, 0.15) is 0 Å². The van der Waals surface area contributed by atoms with Crippen LogP contribution in [0, 0.1) is 11.8 Å². The summed E-state index contributed by atoms with van der Waals surface area (Å²) in [5.41, 5.74) is 1.23. The monoisotopic (exact) mass is 358 g/mol. The molecule has 1 N–H and O–H groups in total. The molecule has 26 heavy (non-hydrogen) atoms. The summed E-state index contributed by atoms with van der Waals surface area (Å²) in [4.78, 5) is 24.2. The van der Waals surface area contributed by atoms with Crippen molar-refractivity contribution >= 4 is 11.9 Å². The Hall–Kier alpha value is -1.69. The average Bonchev–Trinajstić information content (AvgIpc) is 3.24. The minimum absolute atomic E-state index is 0.0182. The van der Waals surface area contributed by atoms with Crippen LogP contribution in [0.5, 0.6) is 0 Å². The standard InChI is InChI=1S/C20H30N4O2/c1-20(2,3)17-15(18(25)24-6-8-26-9-7-24)12-21-19(23-17)22-16-11-13-4-5-14(16)10-13/h12-14,16H,4-11H2,1-3H3,(H,21,22,23)/t13-,14+,16-/m1/s1. The highest BCUT2D eigenvalue weighted by molar-refractivity contribution is 5.95. The van der Waals surface area contributed by atoms with Crippen molar-refractivity contribution in [1.82, 2.24) is 14.9 Å². The van der Waals surface area contributed by atoms with E-state index in [2.05, 4.69) is 31.1 Å². The minimum Gasteiger partial charge on any atom is -0.378 e. The molecule has 3 atom stereocenters. The molecule has 2 aliphatic carbocycles. The van der Waals surface area contributed by atoms with Crippen LogP contribution in [0.4, 0.5) is 5.95 Å². The third kappa shape index (κ3) is 3.43. The second-order valence-electron chi connectivity index (χ2n) is 9.04. The number of nitrogens with zero attached hydrogens (tertiary/aromatic N) is 3. The maximum absolute atomic E-state index is 13.0. The van der Waals surface area contributed by atoms with E-state index in [1.54, 1.807) is 6.20 Å². The van der Waals surface area contributed by atoms with Gasteiger partial charge < -0.3 is 15.0 Å². The number of hydrogen-bond acceptors (Lipinski definition) is 5. The number of rotatable bonds is 3. The maximum atomic E-state index is 13.0. The van der Waals surface area contributed by atoms with Crippen molar-refractivity contribution in [3.8, 4) is 0 Å². The van der Waals surface area contributed by atoms with Gasteiger partial charge in [0.15, 0.2) is 0 Å². The van der Waals surface area contributed by atoms with Gasteiger partial charge >= 0.3 is 0 Å². The van der Waals surface area contributed by atoms with E-state index >= 15 is 0 Å². The molecular weight excluding hydrogens is 328 g/mol. The summed E-state index contributed by atoms with van der Waals surface area (Å²) in [5, 5.41) is 3.56. The predicted molar refractivity (Wildman–Crippen MR) is 100 cm³/mol. The van der Waals surface area contributed by atoms with Crippen LogP contribution in [0.2, 0.25) is 0 Å². The van der Waals surface area contributed by atoms with Crippen molar-refractivity contribution in [1.29, 1.82) is 0 Å². The second kappa shape index (κ2) is 6.80. The number of morpholine rings is 1. The fourth-order valence-electron chi connectivity index (χ4n) is 4.70. The Morgan fingerprint density at radius 3 is 2.62 bits per heavy atom. The first-order valence-electron chi connectivity index (χ1n) is 9.93. The van der Waals surface area contributed by atoms with Crippen molar-refractivity contribution in [2.75, 3.05) is 31.6 Å². The van der Waals surface area contributed by atoms with Crippen molar-refractivity contribution < 1.29 is 9.53 Å². The molecule has 3 fully saturated rings. The molecule has 0 spiro atoms. The van der Waals surface area contributed by atoms with Crippen LogP contribution in [0.25, 0.3) is 0 Å². The summed E-state index contributed by atoms with van der Waals surface area (Å²) < 4.78 is 5.37. The van der Waals surface area contributed by atoms with Crippen molar-refractivity contribution in [3.63, 3.8) is 0 Å². The van der Waals surface area contributed by atoms with Crippen LogP contribution < -0.4 is 5.32 Å². The van der Waals surface area contributed by atoms with Gasteiger partial charge in [-0.25, -0.2) is 9.97 Å². The average molecular weight is 358 g/mol. The molecule has 0 aromatic carbocycles. The maximum Gasteiger partial charge on any atom is 0.257 e. The molecule has 6 nitrogen and oxygen atoms in total. The lowest BCUT2D eigenvalue weighted by Crippen LogP contribution is -2.41. The van der Waals surface area contributed by atoms with E-state index in [1.165, 1.54) is 25.7 Å². The summed E-state index contributed by atoms with van der Waals surface area (Å²) in [6.45, 7) is 8.77. The zero-order valence-corrected chi connectivity index (χ0v) is 16.1. The number of hydrogen-bond donors (Lipinski definition) is 1. The predicted octanol–water partition coefficient (Wildman–Crippen LogP) is 2.85. The van der Waals surface area contributed by atoms with E-state index in [0.717, 1.165) is 17.5 Å². The highest BCUT2D eigenvalue weighted by atomic mass is 16.5. The van der Waals surface area contributed by atoms with Crippen LogP contribution in [0.1, 0.15) is 62.5 Å². The fraction of sp³-hybridized carbons (Fsp3) is 0.750. The van der Waals surface area contributed by atoms with Gasteiger partial charge in [0.05, 0.1) is 24.5 Å². The number of nitrogens with one attached hydrogen (secondary N) is 1. The van der Waals surface area contributed by atoms with Crippen molar-refractivity contribution in [2.24, 2.45) is 11.8 Å². The molecule has 6 heteroatoms. The van der Waals surface area contributed by atoms with Crippen LogP contribution in [0.15, 0.2) is 6.20 Å². The van der Waals surface area contributed by atoms with E-state index in [9.17, 15) is 4.79 Å². The number of carbonyl (C=O) groups is 1. The summed E-state index contributed by atoms with van der Waals surface area (Å²) in [5.74, 6) is 2.33. The highest BCUT2D eigenvalue weighted by Crippen LogP contribution is 2.45. The molecule has 0 radical (unpaired) electrons. The second-order valence-corrected chi connectivity index (χ2v) is 9.04. The Balaban J connectivity index is 1.57. The van der Waals surface area contributed by atoms with Crippen LogP contribution >= 0.6 is 0 Å². The molecule has 1 aromatic heterocycles. The summed E-state index contributed by atoms with van der Waals surface area (Å²) in [6, 6.07) is 0.488. The van der Waals surface area contributed by atoms with E-state index in [1.807, 2.05) is 4.90 Å². The normalized spacial score (nSPS) is 28.4. The zero-order valence-electron chi connectivity index (χ0n) is 16.1. The zero-order chi connectivity index (χ0) is 18.3. The number of amides is 1. The van der Waals surface area contributed by atoms with Gasteiger partial charge in [0, 0.05) is 30.7 Å². The molecule has 1 aliphatic heterocycles. The number of aromatic nitrogens is 2. The number of carbonyl (C=O) groups excluding carboxylic acids is 1. The molecule has 0 unspecified atom stereocenters. The quantitative estimate of drug-likeness (QED) is 0.900. The van der Waals surface area contributed by atoms with Crippen molar-refractivity contribution in [3.05, 3.63) is 17.5 Å². The fourth-order valence-corrected chi connectivity index (χ4v) is 4.70. The highest BCUT2D eigenvalue weighted by Gasteiger charge is 2.40. The lowest BCUT2D eigenvalue weighted by atomic mass is 9.88. The van der Waals surface area contributed by atoms with E-state index in [4.69, 9.17) is 9.72 Å². The third-order valence-corrected chi connectivity index (χ3v) is 6.08. The molecule has 2 saturated carbocycles. The lowest BCUT2D eigenvalue weighted by Gasteiger charge is -2.29. The van der Waals surface area contributed by atoms with E-state index < -0.39 is 0 Å². The molecule has 142 valence electrons. The molecule has 4 rings (SSSR count). The Morgan fingerprint density at radius 1 is 1.23 bits per heavy atom. The Morgan fingerprint density at radius 2 is 2.00 bits per heavy atom. The Labute approximate surface area is 155 Å². The smallest absolute Gasteiger partial charge is 0.257 e. The largest absolute Gasteiger partial charge is 0.378 e. The number of fused-ring (bicyclic) bond motifs is 2.